The van der Waals surface area contributed by atoms with Crippen LogP contribution in [0.15, 0.2) is 57.9 Å². The SMILES string of the molecule is CC(C)(c1ncc(-c2ccc(F)cc2)o1)N1CCN(C[C@@H]2C[C@@H](Cc3cc4cncnc4o3)C(=O)O2)CC1. The molecule has 0 radical (unpaired) electrons. The lowest BCUT2D eigenvalue weighted by atomic mass is 9.99. The standard InChI is InChI=1S/C28H30FN5O4/c1-28(2,27-31-15-24(38-27)18-3-5-21(29)6-4-18)34-9-7-33(8-10-34)16-23-12-19(26(35)37-23)11-22-13-20-14-30-17-32-25(20)36-22/h3-6,13-15,17,19,23H,7-12,16H2,1-2H3/t19-,23+/m1/s1. The number of furan rings is 1. The molecule has 5 heterocycles. The molecular weight excluding hydrogens is 489 g/mol. The summed E-state index contributed by atoms with van der Waals surface area (Å²) >= 11 is 0. The molecule has 0 bridgehead atoms. The molecule has 0 unspecified atom stereocenters. The van der Waals surface area contributed by atoms with Crippen molar-refractivity contribution in [3.05, 3.63) is 66.5 Å². The maximum absolute atomic E-state index is 13.3. The number of rotatable bonds is 7. The van der Waals surface area contributed by atoms with Crippen LogP contribution in [0.5, 0.6) is 0 Å². The van der Waals surface area contributed by atoms with Crippen molar-refractivity contribution in [2.24, 2.45) is 5.92 Å². The average Bonchev–Trinajstić information content (AvgIpc) is 3.64. The zero-order valence-electron chi connectivity index (χ0n) is 21.5. The molecule has 0 N–H and O–H groups in total. The van der Waals surface area contributed by atoms with Crippen molar-refractivity contribution in [2.75, 3.05) is 32.7 Å². The Balaban J connectivity index is 1.02. The number of carbonyl (C=O) groups excluding carboxylic acids is 1. The van der Waals surface area contributed by atoms with E-state index in [9.17, 15) is 9.18 Å². The first-order valence-corrected chi connectivity index (χ1v) is 12.9. The van der Waals surface area contributed by atoms with E-state index in [0.717, 1.165) is 49.4 Å². The summed E-state index contributed by atoms with van der Waals surface area (Å²) in [5.41, 5.74) is 0.936. The number of esters is 1. The van der Waals surface area contributed by atoms with E-state index in [-0.39, 0.29) is 23.8 Å². The summed E-state index contributed by atoms with van der Waals surface area (Å²) in [7, 11) is 0. The second-order valence-electron chi connectivity index (χ2n) is 10.6. The van der Waals surface area contributed by atoms with Crippen molar-refractivity contribution in [1.29, 1.82) is 0 Å². The van der Waals surface area contributed by atoms with Crippen molar-refractivity contribution in [2.45, 2.75) is 38.3 Å². The molecule has 0 spiro atoms. The average molecular weight is 520 g/mol. The van der Waals surface area contributed by atoms with E-state index in [2.05, 4.69) is 38.6 Å². The zero-order valence-corrected chi connectivity index (χ0v) is 21.5. The van der Waals surface area contributed by atoms with Crippen LogP contribution in [0.4, 0.5) is 4.39 Å². The molecule has 198 valence electrons. The normalized spacial score (nSPS) is 21.3. The van der Waals surface area contributed by atoms with E-state index in [4.69, 9.17) is 13.6 Å². The van der Waals surface area contributed by atoms with Gasteiger partial charge in [-0.3, -0.25) is 14.6 Å². The second-order valence-corrected chi connectivity index (χ2v) is 10.6. The number of halogens is 1. The number of fused-ring (bicyclic) bond motifs is 1. The fraction of sp³-hybridized carbons (Fsp3) is 0.429. The van der Waals surface area contributed by atoms with Crippen molar-refractivity contribution < 1.29 is 22.8 Å². The molecule has 0 amide bonds. The fourth-order valence-corrected chi connectivity index (χ4v) is 5.40. The molecule has 3 aromatic heterocycles. The van der Waals surface area contributed by atoms with Crippen molar-refractivity contribution in [3.63, 3.8) is 0 Å². The first-order valence-electron chi connectivity index (χ1n) is 12.9. The fourth-order valence-electron chi connectivity index (χ4n) is 5.40. The van der Waals surface area contributed by atoms with Gasteiger partial charge >= 0.3 is 5.97 Å². The number of ether oxygens (including phenoxy) is 1. The smallest absolute Gasteiger partial charge is 0.309 e. The number of oxazole rings is 1. The summed E-state index contributed by atoms with van der Waals surface area (Å²) < 4.78 is 30.9. The minimum atomic E-state index is -0.397. The van der Waals surface area contributed by atoms with Gasteiger partial charge in [0, 0.05) is 50.9 Å². The summed E-state index contributed by atoms with van der Waals surface area (Å²) in [5, 5.41) is 0.836. The number of hydrogen-bond donors (Lipinski definition) is 0. The van der Waals surface area contributed by atoms with Crippen LogP contribution in [0.25, 0.3) is 22.4 Å². The number of aromatic nitrogens is 3. The lowest BCUT2D eigenvalue weighted by molar-refractivity contribution is -0.145. The second kappa shape index (κ2) is 9.92. The molecule has 2 saturated heterocycles. The first-order chi connectivity index (χ1) is 18.3. The third kappa shape index (κ3) is 4.93. The van der Waals surface area contributed by atoms with Gasteiger partial charge in [0.1, 0.15) is 24.0 Å². The molecule has 9 nitrogen and oxygen atoms in total. The van der Waals surface area contributed by atoms with Crippen LogP contribution in [0.2, 0.25) is 0 Å². The Morgan fingerprint density at radius 3 is 2.61 bits per heavy atom. The molecule has 0 aliphatic carbocycles. The number of carbonyl (C=O) groups is 1. The maximum atomic E-state index is 13.3. The highest BCUT2D eigenvalue weighted by Crippen LogP contribution is 2.32. The first kappa shape index (κ1) is 24.7. The molecule has 1 aromatic carbocycles. The Labute approximate surface area is 219 Å². The van der Waals surface area contributed by atoms with Crippen LogP contribution in [0, 0.1) is 11.7 Å². The van der Waals surface area contributed by atoms with Crippen LogP contribution in [0.1, 0.15) is 31.9 Å². The summed E-state index contributed by atoms with van der Waals surface area (Å²) in [6, 6.07) is 8.11. The summed E-state index contributed by atoms with van der Waals surface area (Å²) in [6.07, 6.45) is 5.91. The van der Waals surface area contributed by atoms with E-state index in [1.807, 2.05) is 6.07 Å². The molecule has 38 heavy (non-hydrogen) atoms. The minimum Gasteiger partial charge on any atom is -0.461 e. The highest BCUT2D eigenvalue weighted by Gasteiger charge is 2.39. The zero-order chi connectivity index (χ0) is 26.3. The Morgan fingerprint density at radius 2 is 1.84 bits per heavy atom. The van der Waals surface area contributed by atoms with Crippen LogP contribution < -0.4 is 0 Å². The van der Waals surface area contributed by atoms with Gasteiger partial charge in [-0.2, -0.15) is 0 Å². The molecule has 0 saturated carbocycles. The number of piperazine rings is 1. The third-order valence-corrected chi connectivity index (χ3v) is 7.64. The highest BCUT2D eigenvalue weighted by atomic mass is 19.1. The predicted octanol–water partition coefficient (Wildman–Crippen LogP) is 4.04. The van der Waals surface area contributed by atoms with E-state index in [1.54, 1.807) is 24.5 Å². The Morgan fingerprint density at radius 1 is 1.05 bits per heavy atom. The van der Waals surface area contributed by atoms with Crippen molar-refractivity contribution in [3.8, 4) is 11.3 Å². The summed E-state index contributed by atoms with van der Waals surface area (Å²) in [6.45, 7) is 8.32. The monoisotopic (exact) mass is 519 g/mol. The Bertz CT molecular complexity index is 1390. The van der Waals surface area contributed by atoms with Crippen molar-refractivity contribution >= 4 is 17.1 Å². The van der Waals surface area contributed by atoms with Gasteiger partial charge in [-0.15, -0.1) is 0 Å². The van der Waals surface area contributed by atoms with Crippen LogP contribution in [0.3, 0.4) is 0 Å². The number of hydrogen-bond acceptors (Lipinski definition) is 9. The molecule has 2 aliphatic heterocycles. The topological polar surface area (TPSA) is 97.7 Å². The summed E-state index contributed by atoms with van der Waals surface area (Å²) in [5.74, 6) is 1.33. The number of nitrogens with zero attached hydrogens (tertiary/aromatic N) is 5. The largest absolute Gasteiger partial charge is 0.461 e. The van der Waals surface area contributed by atoms with Gasteiger partial charge in [-0.25, -0.2) is 19.3 Å². The van der Waals surface area contributed by atoms with Gasteiger partial charge < -0.3 is 13.6 Å². The summed E-state index contributed by atoms with van der Waals surface area (Å²) in [4.78, 5) is 29.9. The van der Waals surface area contributed by atoms with E-state index < -0.39 is 5.54 Å². The quantitative estimate of drug-likeness (QED) is 0.335. The van der Waals surface area contributed by atoms with Gasteiger partial charge in [-0.1, -0.05) is 0 Å². The molecule has 2 atom stereocenters. The van der Waals surface area contributed by atoms with Crippen LogP contribution >= 0.6 is 0 Å². The lowest BCUT2D eigenvalue weighted by Crippen LogP contribution is -2.54. The minimum absolute atomic E-state index is 0.124. The number of cyclic esters (lactones) is 1. The predicted molar refractivity (Wildman–Crippen MR) is 136 cm³/mol. The molecule has 4 aromatic rings. The maximum Gasteiger partial charge on any atom is 0.309 e. The molecular formula is C28H30FN5O4. The molecule has 6 rings (SSSR count). The van der Waals surface area contributed by atoms with Gasteiger partial charge in [0.25, 0.3) is 0 Å². The lowest BCUT2D eigenvalue weighted by Gasteiger charge is -2.42. The highest BCUT2D eigenvalue weighted by molar-refractivity contribution is 5.76. The van der Waals surface area contributed by atoms with Crippen LogP contribution in [-0.2, 0) is 21.5 Å². The Kier molecular flexibility index (Phi) is 6.45. The van der Waals surface area contributed by atoms with Gasteiger partial charge in [0.15, 0.2) is 5.76 Å². The molecule has 2 fully saturated rings. The molecule has 2 aliphatic rings. The van der Waals surface area contributed by atoms with E-state index >= 15 is 0 Å². The van der Waals surface area contributed by atoms with Gasteiger partial charge in [0.05, 0.1) is 23.0 Å². The Hall–Kier alpha value is -3.63. The molecule has 10 heteroatoms. The van der Waals surface area contributed by atoms with Crippen molar-refractivity contribution in [1.82, 2.24) is 24.8 Å². The van der Waals surface area contributed by atoms with E-state index in [1.165, 1.54) is 18.5 Å². The third-order valence-electron chi connectivity index (χ3n) is 7.64. The number of benzene rings is 1. The van der Waals surface area contributed by atoms with E-state index in [0.29, 0.717) is 30.2 Å². The van der Waals surface area contributed by atoms with Gasteiger partial charge in [0.2, 0.25) is 11.6 Å². The van der Waals surface area contributed by atoms with Crippen LogP contribution in [-0.4, -0.2) is 69.5 Å². The van der Waals surface area contributed by atoms with Gasteiger partial charge in [-0.05, 0) is 50.6 Å².